The molecule has 0 N–H and O–H groups in total. The summed E-state index contributed by atoms with van der Waals surface area (Å²) in [6.07, 6.45) is 6.19. The number of hydrogen-bond donors (Lipinski definition) is 0. The van der Waals surface area contributed by atoms with Gasteiger partial charge < -0.3 is 9.47 Å². The number of carbonyl (C=O) groups is 1. The van der Waals surface area contributed by atoms with Gasteiger partial charge in [0.15, 0.2) is 0 Å². The van der Waals surface area contributed by atoms with Crippen molar-refractivity contribution in [3.8, 4) is 0 Å². The van der Waals surface area contributed by atoms with Gasteiger partial charge in [-0.25, -0.2) is 0 Å². The summed E-state index contributed by atoms with van der Waals surface area (Å²) in [6.45, 7) is 2.98. The number of hydrogen-bond acceptors (Lipinski definition) is 3. The molecule has 18 heavy (non-hydrogen) atoms. The van der Waals surface area contributed by atoms with Crippen LogP contribution in [0.2, 0.25) is 0 Å². The van der Waals surface area contributed by atoms with Crippen LogP contribution in [0, 0.1) is 17.3 Å². The van der Waals surface area contributed by atoms with Crippen LogP contribution in [0.1, 0.15) is 45.4 Å². The molecule has 0 aliphatic heterocycles. The lowest BCUT2D eigenvalue weighted by Gasteiger charge is -2.60. The Balaban J connectivity index is 1.78. The van der Waals surface area contributed by atoms with Crippen LogP contribution in [0.3, 0.4) is 0 Å². The Morgan fingerprint density at radius 2 is 1.94 bits per heavy atom. The zero-order valence-electron chi connectivity index (χ0n) is 10.9. The third-order valence-electron chi connectivity index (χ3n) is 5.08. The predicted molar refractivity (Wildman–Crippen MR) is 68.3 cm³/mol. The smallest absolute Gasteiger partial charge is 0.227 e. The highest BCUT2D eigenvalue weighted by molar-refractivity contribution is 6.64. The second-order valence-electron chi connectivity index (χ2n) is 6.45. The zero-order valence-corrected chi connectivity index (χ0v) is 11.7. The van der Waals surface area contributed by atoms with Crippen LogP contribution >= 0.6 is 11.6 Å². The predicted octanol–water partition coefficient (Wildman–Crippen LogP) is 3.10. The van der Waals surface area contributed by atoms with E-state index in [0.717, 1.165) is 32.1 Å². The summed E-state index contributed by atoms with van der Waals surface area (Å²) >= 11 is 5.90. The van der Waals surface area contributed by atoms with E-state index < -0.39 is 0 Å². The maximum absolute atomic E-state index is 11.8. The summed E-state index contributed by atoms with van der Waals surface area (Å²) in [5, 5.41) is -0.138. The first kappa shape index (κ1) is 12.9. The number of ether oxygens (including phenoxy) is 2. The van der Waals surface area contributed by atoms with Gasteiger partial charge >= 0.3 is 0 Å². The van der Waals surface area contributed by atoms with E-state index in [1.165, 1.54) is 6.42 Å². The molecule has 0 aromatic carbocycles. The van der Waals surface area contributed by atoms with Crippen LogP contribution < -0.4 is 0 Å². The lowest BCUT2D eigenvalue weighted by atomic mass is 9.48. The van der Waals surface area contributed by atoms with Gasteiger partial charge in [-0.05, 0) is 68.9 Å². The highest BCUT2D eigenvalue weighted by Gasteiger charge is 2.60. The molecule has 4 fully saturated rings. The number of rotatable bonds is 5. The summed E-state index contributed by atoms with van der Waals surface area (Å²) in [5.41, 5.74) is -0.429. The Morgan fingerprint density at radius 3 is 2.50 bits per heavy atom. The summed E-state index contributed by atoms with van der Waals surface area (Å²) in [5.74, 6) is 1.24. The molecule has 2 atom stereocenters. The first-order chi connectivity index (χ1) is 8.57. The van der Waals surface area contributed by atoms with Crippen molar-refractivity contribution in [1.29, 1.82) is 0 Å². The Hall–Kier alpha value is -0.120. The van der Waals surface area contributed by atoms with Crippen molar-refractivity contribution in [3.05, 3.63) is 0 Å². The van der Waals surface area contributed by atoms with Crippen molar-refractivity contribution in [1.82, 2.24) is 0 Å². The van der Waals surface area contributed by atoms with E-state index >= 15 is 0 Å². The van der Waals surface area contributed by atoms with E-state index in [1.54, 1.807) is 0 Å². The Kier molecular flexibility index (Phi) is 3.20. The molecule has 2 unspecified atom stereocenters. The largest absolute Gasteiger partial charge is 0.356 e. The molecule has 3 nitrogen and oxygen atoms in total. The van der Waals surface area contributed by atoms with Crippen molar-refractivity contribution in [2.24, 2.45) is 17.3 Å². The fourth-order valence-corrected chi connectivity index (χ4v) is 5.05. The Bertz CT molecular complexity index is 341. The van der Waals surface area contributed by atoms with Crippen molar-refractivity contribution < 1.29 is 14.3 Å². The lowest BCUT2D eigenvalue weighted by Crippen LogP contribution is -2.58. The van der Waals surface area contributed by atoms with Gasteiger partial charge in [-0.3, -0.25) is 4.79 Å². The highest BCUT2D eigenvalue weighted by atomic mass is 35.5. The van der Waals surface area contributed by atoms with Crippen molar-refractivity contribution in [3.63, 3.8) is 0 Å². The first-order valence-corrected chi connectivity index (χ1v) is 7.37. The lowest BCUT2D eigenvalue weighted by molar-refractivity contribution is -0.224. The summed E-state index contributed by atoms with van der Waals surface area (Å²) in [7, 11) is 0. The van der Waals surface area contributed by atoms with Crippen molar-refractivity contribution in [2.75, 3.05) is 13.4 Å². The second-order valence-corrected chi connectivity index (χ2v) is 6.80. The van der Waals surface area contributed by atoms with Gasteiger partial charge in [-0.1, -0.05) is 0 Å². The van der Waals surface area contributed by atoms with E-state index in [1.807, 2.05) is 6.92 Å². The molecule has 0 spiro atoms. The molecule has 0 saturated heterocycles. The highest BCUT2D eigenvalue weighted by Crippen LogP contribution is 2.63. The van der Waals surface area contributed by atoms with E-state index in [0.29, 0.717) is 25.2 Å². The molecule has 4 aliphatic carbocycles. The molecular formula is C14H21ClO3. The average Bonchev–Trinajstić information content (AvgIpc) is 2.27. The minimum absolute atomic E-state index is 0.135. The molecule has 4 rings (SSSR count). The number of halogens is 1. The van der Waals surface area contributed by atoms with Gasteiger partial charge in [0.2, 0.25) is 5.24 Å². The maximum atomic E-state index is 11.8. The third kappa shape index (κ3) is 2.00. The normalized spacial score (nSPS) is 45.4. The summed E-state index contributed by atoms with van der Waals surface area (Å²) < 4.78 is 11.4. The molecular weight excluding hydrogens is 252 g/mol. The van der Waals surface area contributed by atoms with Crippen molar-refractivity contribution >= 4 is 16.8 Å². The molecule has 4 bridgehead atoms. The van der Waals surface area contributed by atoms with Gasteiger partial charge in [0.25, 0.3) is 0 Å². The Labute approximate surface area is 113 Å². The molecule has 0 aromatic rings. The van der Waals surface area contributed by atoms with Crippen LogP contribution in [0.4, 0.5) is 0 Å². The van der Waals surface area contributed by atoms with Crippen LogP contribution in [-0.2, 0) is 14.3 Å². The molecule has 0 heterocycles. The van der Waals surface area contributed by atoms with Gasteiger partial charge in [0.05, 0.1) is 5.60 Å². The minimum atomic E-state index is -0.294. The second kappa shape index (κ2) is 4.46. The van der Waals surface area contributed by atoms with E-state index in [2.05, 4.69) is 0 Å². The summed E-state index contributed by atoms with van der Waals surface area (Å²) in [6, 6.07) is 0. The molecule has 0 amide bonds. The van der Waals surface area contributed by atoms with Gasteiger partial charge in [0.1, 0.15) is 6.79 Å². The first-order valence-electron chi connectivity index (χ1n) is 6.99. The molecule has 4 saturated carbocycles. The fourth-order valence-electron chi connectivity index (χ4n) is 4.83. The van der Waals surface area contributed by atoms with Crippen LogP contribution in [-0.4, -0.2) is 24.2 Å². The van der Waals surface area contributed by atoms with Crippen LogP contribution in [0.15, 0.2) is 0 Å². The molecule has 0 aromatic heterocycles. The van der Waals surface area contributed by atoms with E-state index in [9.17, 15) is 4.79 Å². The molecule has 0 radical (unpaired) electrons. The monoisotopic (exact) mass is 272 g/mol. The topological polar surface area (TPSA) is 35.5 Å². The van der Waals surface area contributed by atoms with Crippen molar-refractivity contribution in [2.45, 2.75) is 51.0 Å². The maximum Gasteiger partial charge on any atom is 0.227 e. The third-order valence-corrected chi connectivity index (χ3v) is 5.48. The molecule has 102 valence electrons. The Morgan fingerprint density at radius 1 is 1.28 bits per heavy atom. The van der Waals surface area contributed by atoms with E-state index in [-0.39, 0.29) is 16.3 Å². The van der Waals surface area contributed by atoms with Gasteiger partial charge in [-0.15, -0.1) is 0 Å². The van der Waals surface area contributed by atoms with Gasteiger partial charge in [0, 0.05) is 12.0 Å². The summed E-state index contributed by atoms with van der Waals surface area (Å²) in [4.78, 5) is 11.8. The van der Waals surface area contributed by atoms with Crippen LogP contribution in [0.25, 0.3) is 0 Å². The molecule has 4 aliphatic rings. The molecule has 4 heteroatoms. The van der Waals surface area contributed by atoms with E-state index in [4.69, 9.17) is 21.1 Å². The zero-order chi connectivity index (χ0) is 12.8. The fraction of sp³-hybridized carbons (Fsp3) is 0.929. The van der Waals surface area contributed by atoms with Gasteiger partial charge in [-0.2, -0.15) is 0 Å². The number of carbonyl (C=O) groups excluding carboxylic acids is 1. The minimum Gasteiger partial charge on any atom is -0.356 e. The quantitative estimate of drug-likeness (QED) is 0.438. The SMILES string of the molecule is CCOCOC12CC3CC(C1)CC(C(=O)Cl)(C3)C2. The standard InChI is InChI=1S/C14H21ClO3/c1-2-17-9-18-14-6-10-3-11(7-14)5-13(4-10,8-14)12(15)16/h10-11H,2-9H2,1H3. The average molecular weight is 273 g/mol. The van der Waals surface area contributed by atoms with Crippen LogP contribution in [0.5, 0.6) is 0 Å².